The van der Waals surface area contributed by atoms with Crippen LogP contribution in [0.4, 0.5) is 5.69 Å². The number of H-pyrrole nitrogens is 1. The fraction of sp³-hybridized carbons (Fsp3) is 0. The lowest BCUT2D eigenvalue weighted by atomic mass is 9.97. The maximum absolute atomic E-state index is 12.3. The van der Waals surface area contributed by atoms with Crippen molar-refractivity contribution < 1.29 is 31.8 Å². The molecule has 2 aromatic rings. The average Bonchev–Trinajstić information content (AvgIpc) is 2.46. The van der Waals surface area contributed by atoms with E-state index in [2.05, 4.69) is 4.98 Å². The van der Waals surface area contributed by atoms with E-state index in [0.29, 0.717) is 5.69 Å². The van der Waals surface area contributed by atoms with Crippen LogP contribution in [-0.2, 0) is 4.79 Å². The summed E-state index contributed by atoms with van der Waals surface area (Å²) in [4.78, 5) is 40.0. The SMILES string of the molecule is O=C1C(=O)N(c2ccc[nH+]c2)C(=O)c2ccccc21.[Cl-]. The zero-order valence-corrected chi connectivity index (χ0v) is 10.9. The van der Waals surface area contributed by atoms with Crippen molar-refractivity contribution in [1.29, 1.82) is 0 Å². The van der Waals surface area contributed by atoms with Gasteiger partial charge in [0, 0.05) is 11.6 Å². The van der Waals surface area contributed by atoms with Crippen LogP contribution in [-0.4, -0.2) is 17.6 Å². The monoisotopic (exact) mass is 288 g/mol. The molecule has 0 unspecified atom stereocenters. The molecule has 0 saturated carbocycles. The number of halogens is 1. The van der Waals surface area contributed by atoms with Gasteiger partial charge >= 0.3 is 5.91 Å². The van der Waals surface area contributed by atoms with Gasteiger partial charge in [0.15, 0.2) is 12.4 Å². The number of pyridine rings is 1. The molecule has 5 nitrogen and oxygen atoms in total. The van der Waals surface area contributed by atoms with Crippen LogP contribution in [0.3, 0.4) is 0 Å². The number of Topliss-reactive ketones (excluding diaryl/α,β-unsaturated/α-hetero) is 1. The van der Waals surface area contributed by atoms with Gasteiger partial charge < -0.3 is 12.4 Å². The quantitative estimate of drug-likeness (QED) is 0.445. The fourth-order valence-electron chi connectivity index (χ4n) is 2.05. The molecule has 0 fully saturated rings. The first kappa shape index (κ1) is 13.9. The van der Waals surface area contributed by atoms with Crippen LogP contribution in [0.15, 0.2) is 48.8 Å². The van der Waals surface area contributed by atoms with Crippen LogP contribution in [0, 0.1) is 0 Å². The molecule has 0 radical (unpaired) electrons. The van der Waals surface area contributed by atoms with Gasteiger partial charge in [0.2, 0.25) is 0 Å². The zero-order valence-electron chi connectivity index (χ0n) is 10.2. The van der Waals surface area contributed by atoms with Crippen molar-refractivity contribution in [1.82, 2.24) is 0 Å². The van der Waals surface area contributed by atoms with Crippen LogP contribution in [0.5, 0.6) is 0 Å². The lowest BCUT2D eigenvalue weighted by Crippen LogP contribution is -3.00. The van der Waals surface area contributed by atoms with Crippen LogP contribution < -0.4 is 22.3 Å². The molecule has 6 heteroatoms. The highest BCUT2D eigenvalue weighted by molar-refractivity contribution is 6.55. The largest absolute Gasteiger partial charge is 1.00 e. The van der Waals surface area contributed by atoms with Gasteiger partial charge in [-0.25, -0.2) is 9.88 Å². The molecule has 0 bridgehead atoms. The molecule has 0 saturated heterocycles. The second-order valence-corrected chi connectivity index (χ2v) is 4.08. The van der Waals surface area contributed by atoms with Crippen molar-refractivity contribution in [2.24, 2.45) is 0 Å². The molecule has 2 amide bonds. The maximum Gasteiger partial charge on any atom is 0.306 e. The first-order chi connectivity index (χ1) is 9.20. The predicted octanol–water partition coefficient (Wildman–Crippen LogP) is -2.13. The number of nitrogens with zero attached hydrogens (tertiary/aromatic N) is 1. The highest BCUT2D eigenvalue weighted by Gasteiger charge is 2.38. The molecule has 1 aliphatic heterocycles. The van der Waals surface area contributed by atoms with Gasteiger partial charge in [-0.1, -0.05) is 18.2 Å². The van der Waals surface area contributed by atoms with Gasteiger partial charge in [-0.3, -0.25) is 14.4 Å². The molecule has 1 N–H and O–H groups in total. The second-order valence-electron chi connectivity index (χ2n) is 4.08. The van der Waals surface area contributed by atoms with Gasteiger partial charge in [0.05, 0.1) is 5.56 Å². The summed E-state index contributed by atoms with van der Waals surface area (Å²) in [5, 5.41) is 0. The molecule has 3 rings (SSSR count). The van der Waals surface area contributed by atoms with Crippen molar-refractivity contribution in [3.63, 3.8) is 0 Å². The summed E-state index contributed by atoms with van der Waals surface area (Å²) in [5.74, 6) is -1.98. The fourth-order valence-corrected chi connectivity index (χ4v) is 2.05. The Bertz CT molecular complexity index is 701. The van der Waals surface area contributed by atoms with Crippen molar-refractivity contribution in [2.45, 2.75) is 0 Å². The number of anilines is 1. The maximum atomic E-state index is 12.3. The van der Waals surface area contributed by atoms with E-state index in [9.17, 15) is 14.4 Å². The summed E-state index contributed by atoms with van der Waals surface area (Å²) in [5.41, 5.74) is 0.755. The number of benzene rings is 1. The number of hydrogen-bond acceptors (Lipinski definition) is 3. The highest BCUT2D eigenvalue weighted by atomic mass is 35.5. The van der Waals surface area contributed by atoms with E-state index in [1.807, 2.05) is 0 Å². The summed E-state index contributed by atoms with van der Waals surface area (Å²) in [6.45, 7) is 0. The molecule has 0 spiro atoms. The third-order valence-corrected chi connectivity index (χ3v) is 2.95. The molecule has 2 heterocycles. The summed E-state index contributed by atoms with van der Waals surface area (Å²) in [6.07, 6.45) is 3.15. The van der Waals surface area contributed by atoms with E-state index in [0.717, 1.165) is 4.90 Å². The molecule has 100 valence electrons. The van der Waals surface area contributed by atoms with Crippen molar-refractivity contribution in [2.75, 3.05) is 4.90 Å². The average molecular weight is 289 g/mol. The Morgan fingerprint density at radius 3 is 2.20 bits per heavy atom. The number of ketones is 1. The van der Waals surface area contributed by atoms with Crippen LogP contribution in [0.25, 0.3) is 0 Å². The lowest BCUT2D eigenvalue weighted by molar-refractivity contribution is -0.377. The lowest BCUT2D eigenvalue weighted by Gasteiger charge is -2.24. The van der Waals surface area contributed by atoms with Crippen LogP contribution in [0.2, 0.25) is 0 Å². The third kappa shape index (κ3) is 1.98. The molecule has 1 aromatic heterocycles. The standard InChI is InChI=1S/C14H8N2O3.ClH/c17-12-10-5-1-2-6-11(10)13(18)16(14(12)19)9-4-3-7-15-8-9;/h1-8H;1H. The number of hydrogen-bond donors (Lipinski definition) is 0. The van der Waals surface area contributed by atoms with Crippen LogP contribution >= 0.6 is 0 Å². The molecular weight excluding hydrogens is 280 g/mol. The Morgan fingerprint density at radius 2 is 1.55 bits per heavy atom. The summed E-state index contributed by atoms with van der Waals surface area (Å²) < 4.78 is 0. The Kier molecular flexibility index (Phi) is 3.63. The Balaban J connectivity index is 0.00000147. The molecule has 0 atom stereocenters. The molecular formula is C14H9ClN2O3. The number of imide groups is 1. The Morgan fingerprint density at radius 1 is 0.850 bits per heavy atom. The number of amides is 2. The van der Waals surface area contributed by atoms with E-state index < -0.39 is 17.6 Å². The number of carbonyl (C=O) groups is 3. The zero-order chi connectivity index (χ0) is 13.4. The Labute approximate surface area is 120 Å². The third-order valence-electron chi connectivity index (χ3n) is 2.95. The number of rotatable bonds is 1. The van der Waals surface area contributed by atoms with E-state index in [4.69, 9.17) is 0 Å². The number of carbonyl (C=O) groups excluding carboxylic acids is 3. The van der Waals surface area contributed by atoms with Gasteiger partial charge in [-0.05, 0) is 12.1 Å². The van der Waals surface area contributed by atoms with Crippen LogP contribution in [0.1, 0.15) is 20.7 Å². The summed E-state index contributed by atoms with van der Waals surface area (Å²) >= 11 is 0. The predicted molar refractivity (Wildman–Crippen MR) is 65.6 cm³/mol. The molecule has 1 aromatic carbocycles. The summed E-state index contributed by atoms with van der Waals surface area (Å²) in [6, 6.07) is 9.57. The van der Waals surface area contributed by atoms with E-state index in [-0.39, 0.29) is 23.5 Å². The van der Waals surface area contributed by atoms with Gasteiger partial charge in [0.25, 0.3) is 11.7 Å². The topological polar surface area (TPSA) is 68.6 Å². The smallest absolute Gasteiger partial charge is 0.306 e. The second kappa shape index (κ2) is 5.22. The molecule has 0 aliphatic carbocycles. The highest BCUT2D eigenvalue weighted by Crippen LogP contribution is 2.24. The first-order valence-electron chi connectivity index (χ1n) is 5.68. The summed E-state index contributed by atoms with van der Waals surface area (Å²) in [7, 11) is 0. The van der Waals surface area contributed by atoms with E-state index in [1.165, 1.54) is 12.3 Å². The minimum Gasteiger partial charge on any atom is -1.00 e. The van der Waals surface area contributed by atoms with E-state index in [1.54, 1.807) is 36.5 Å². The van der Waals surface area contributed by atoms with E-state index >= 15 is 0 Å². The van der Waals surface area contributed by atoms with Gasteiger partial charge in [0.1, 0.15) is 5.69 Å². The molecule has 20 heavy (non-hydrogen) atoms. The van der Waals surface area contributed by atoms with Gasteiger partial charge in [-0.15, -0.1) is 0 Å². The minimum atomic E-state index is -0.830. The number of aromatic nitrogens is 1. The minimum absolute atomic E-state index is 0. The van der Waals surface area contributed by atoms with Crippen molar-refractivity contribution in [3.05, 3.63) is 59.9 Å². The normalized spacial score (nSPS) is 13.8. The number of nitrogens with one attached hydrogen (secondary N) is 1. The molecule has 1 aliphatic rings. The van der Waals surface area contributed by atoms with Crippen molar-refractivity contribution >= 4 is 23.3 Å². The first-order valence-corrected chi connectivity index (χ1v) is 5.68. The van der Waals surface area contributed by atoms with Gasteiger partial charge in [-0.2, -0.15) is 0 Å². The number of aromatic amines is 1. The number of fused-ring (bicyclic) bond motifs is 1. The Hall–Kier alpha value is -2.53. The van der Waals surface area contributed by atoms with Crippen molar-refractivity contribution in [3.8, 4) is 0 Å².